The predicted molar refractivity (Wildman–Crippen MR) is 84.0 cm³/mol. The molecule has 0 amide bonds. The van der Waals surface area contributed by atoms with Crippen molar-refractivity contribution in [2.75, 3.05) is 33.8 Å². The molecule has 1 aliphatic rings. The Hall–Kier alpha value is -1.04. The molecule has 120 valence electrons. The summed E-state index contributed by atoms with van der Waals surface area (Å²) >= 11 is 0. The first-order valence-corrected chi connectivity index (χ1v) is 7.18. The second-order valence-electron chi connectivity index (χ2n) is 5.48. The number of carbonyl (C=O) groups is 1. The summed E-state index contributed by atoms with van der Waals surface area (Å²) in [5, 5.41) is 3.25. The molecule has 0 aromatic carbocycles. The van der Waals surface area contributed by atoms with Crippen molar-refractivity contribution in [3.8, 4) is 0 Å². The fraction of sp³-hybridized carbons (Fsp3) is 0.667. The number of hydrogen-bond donors (Lipinski definition) is 1. The number of furan rings is 1. The number of rotatable bonds is 5. The first-order valence-electron chi connectivity index (χ1n) is 7.18. The summed E-state index contributed by atoms with van der Waals surface area (Å²) in [6.07, 6.45) is 2.50. The molecular weight excluding hydrogens is 292 g/mol. The van der Waals surface area contributed by atoms with Gasteiger partial charge >= 0.3 is 5.97 Å². The van der Waals surface area contributed by atoms with E-state index in [2.05, 4.69) is 10.2 Å². The van der Waals surface area contributed by atoms with Crippen LogP contribution in [0.3, 0.4) is 0 Å². The van der Waals surface area contributed by atoms with Gasteiger partial charge in [-0.25, -0.2) is 4.79 Å². The molecule has 2 rings (SSSR count). The molecule has 1 saturated heterocycles. The SMILES string of the molecule is CNCC1CCCN(Cc2cc(C(=O)OC)c(C)o2)C1.Cl. The van der Waals surface area contributed by atoms with E-state index in [0.717, 1.165) is 31.9 Å². The first kappa shape index (κ1) is 18.0. The Bertz CT molecular complexity index is 460. The maximum Gasteiger partial charge on any atom is 0.341 e. The van der Waals surface area contributed by atoms with Gasteiger partial charge in [-0.1, -0.05) is 0 Å². The zero-order valence-corrected chi connectivity index (χ0v) is 13.8. The van der Waals surface area contributed by atoms with Gasteiger partial charge in [0, 0.05) is 6.54 Å². The van der Waals surface area contributed by atoms with Crippen LogP contribution in [0.5, 0.6) is 0 Å². The zero-order valence-electron chi connectivity index (χ0n) is 13.0. The van der Waals surface area contributed by atoms with E-state index in [1.165, 1.54) is 20.0 Å². The van der Waals surface area contributed by atoms with E-state index < -0.39 is 0 Å². The largest absolute Gasteiger partial charge is 0.465 e. The van der Waals surface area contributed by atoms with Gasteiger partial charge in [-0.2, -0.15) is 0 Å². The van der Waals surface area contributed by atoms with Gasteiger partial charge in [0.2, 0.25) is 0 Å². The van der Waals surface area contributed by atoms with Gasteiger partial charge in [0.25, 0.3) is 0 Å². The topological polar surface area (TPSA) is 54.7 Å². The number of hydrogen-bond acceptors (Lipinski definition) is 5. The van der Waals surface area contributed by atoms with Gasteiger partial charge in [0.1, 0.15) is 17.1 Å². The summed E-state index contributed by atoms with van der Waals surface area (Å²) in [6, 6.07) is 1.81. The third kappa shape index (κ3) is 4.73. The summed E-state index contributed by atoms with van der Waals surface area (Å²) in [7, 11) is 3.39. The monoisotopic (exact) mass is 316 g/mol. The van der Waals surface area contributed by atoms with Crippen LogP contribution in [0.2, 0.25) is 0 Å². The van der Waals surface area contributed by atoms with E-state index in [1.54, 1.807) is 6.92 Å². The van der Waals surface area contributed by atoms with Crippen LogP contribution in [0.1, 0.15) is 34.7 Å². The third-order valence-electron chi connectivity index (χ3n) is 3.85. The molecule has 2 heterocycles. The summed E-state index contributed by atoms with van der Waals surface area (Å²) < 4.78 is 10.4. The number of likely N-dealkylation sites (tertiary alicyclic amines) is 1. The average molecular weight is 317 g/mol. The van der Waals surface area contributed by atoms with E-state index in [1.807, 2.05) is 13.1 Å². The minimum Gasteiger partial charge on any atom is -0.465 e. The van der Waals surface area contributed by atoms with E-state index in [0.29, 0.717) is 17.2 Å². The van der Waals surface area contributed by atoms with E-state index in [4.69, 9.17) is 9.15 Å². The Morgan fingerprint density at radius 1 is 1.57 bits per heavy atom. The fourth-order valence-electron chi connectivity index (χ4n) is 2.90. The number of aryl methyl sites for hydroxylation is 1. The highest BCUT2D eigenvalue weighted by Gasteiger charge is 2.22. The molecule has 0 spiro atoms. The molecule has 21 heavy (non-hydrogen) atoms. The van der Waals surface area contributed by atoms with Crippen molar-refractivity contribution in [2.24, 2.45) is 5.92 Å². The molecule has 0 saturated carbocycles. The Morgan fingerprint density at radius 2 is 2.33 bits per heavy atom. The Labute approximate surface area is 132 Å². The molecule has 1 aromatic rings. The van der Waals surface area contributed by atoms with Gasteiger partial charge in [-0.3, -0.25) is 4.90 Å². The lowest BCUT2D eigenvalue weighted by molar-refractivity contribution is 0.0599. The van der Waals surface area contributed by atoms with Crippen LogP contribution in [0, 0.1) is 12.8 Å². The normalized spacial score (nSPS) is 19.1. The fourth-order valence-corrected chi connectivity index (χ4v) is 2.90. The molecular formula is C15H25ClN2O3. The lowest BCUT2D eigenvalue weighted by Crippen LogP contribution is -2.38. The minimum absolute atomic E-state index is 0. The number of methoxy groups -OCH3 is 1. The molecule has 1 aromatic heterocycles. The van der Waals surface area contributed by atoms with E-state index in [9.17, 15) is 4.79 Å². The first-order chi connectivity index (χ1) is 9.63. The Balaban J connectivity index is 0.00000220. The van der Waals surface area contributed by atoms with Gasteiger partial charge in [-0.05, 0) is 51.9 Å². The maximum absolute atomic E-state index is 11.6. The van der Waals surface area contributed by atoms with Gasteiger partial charge in [0.15, 0.2) is 0 Å². The number of carbonyl (C=O) groups excluding carboxylic acids is 1. The van der Waals surface area contributed by atoms with Crippen molar-refractivity contribution in [3.05, 3.63) is 23.2 Å². The molecule has 0 aliphatic carbocycles. The summed E-state index contributed by atoms with van der Waals surface area (Å²) in [5.74, 6) is 1.85. The van der Waals surface area contributed by atoms with Crippen LogP contribution in [-0.4, -0.2) is 44.7 Å². The molecule has 6 heteroatoms. The minimum atomic E-state index is -0.329. The van der Waals surface area contributed by atoms with Crippen molar-refractivity contribution in [2.45, 2.75) is 26.3 Å². The van der Waals surface area contributed by atoms with Crippen LogP contribution >= 0.6 is 12.4 Å². The maximum atomic E-state index is 11.6. The van der Waals surface area contributed by atoms with Crippen molar-refractivity contribution in [3.63, 3.8) is 0 Å². The van der Waals surface area contributed by atoms with Gasteiger partial charge in [0.05, 0.1) is 13.7 Å². The number of piperidine rings is 1. The molecule has 0 radical (unpaired) electrons. The Kier molecular flexibility index (Phi) is 7.22. The number of ether oxygens (including phenoxy) is 1. The predicted octanol–water partition coefficient (Wildman–Crippen LogP) is 2.23. The van der Waals surface area contributed by atoms with Crippen LogP contribution in [0.4, 0.5) is 0 Å². The molecule has 0 bridgehead atoms. The van der Waals surface area contributed by atoms with Crippen molar-refractivity contribution in [1.82, 2.24) is 10.2 Å². The number of nitrogens with zero attached hydrogens (tertiary/aromatic N) is 1. The van der Waals surface area contributed by atoms with Crippen molar-refractivity contribution < 1.29 is 13.9 Å². The summed E-state index contributed by atoms with van der Waals surface area (Å²) in [5.41, 5.74) is 0.534. The summed E-state index contributed by atoms with van der Waals surface area (Å²) in [6.45, 7) is 5.79. The third-order valence-corrected chi connectivity index (χ3v) is 3.85. The lowest BCUT2D eigenvalue weighted by atomic mass is 9.98. The Morgan fingerprint density at radius 3 is 3.00 bits per heavy atom. The highest BCUT2D eigenvalue weighted by Crippen LogP contribution is 2.21. The second-order valence-corrected chi connectivity index (χ2v) is 5.48. The van der Waals surface area contributed by atoms with Crippen molar-refractivity contribution in [1.29, 1.82) is 0 Å². The molecule has 1 unspecified atom stereocenters. The summed E-state index contributed by atoms with van der Waals surface area (Å²) in [4.78, 5) is 14.0. The quantitative estimate of drug-likeness (QED) is 0.844. The second kappa shape index (κ2) is 8.41. The number of esters is 1. The lowest BCUT2D eigenvalue weighted by Gasteiger charge is -2.31. The van der Waals surface area contributed by atoms with Crippen LogP contribution in [0.15, 0.2) is 10.5 Å². The van der Waals surface area contributed by atoms with Gasteiger partial charge in [-0.15, -0.1) is 12.4 Å². The molecule has 1 aliphatic heterocycles. The molecule has 1 N–H and O–H groups in total. The van der Waals surface area contributed by atoms with E-state index >= 15 is 0 Å². The van der Waals surface area contributed by atoms with E-state index in [-0.39, 0.29) is 18.4 Å². The van der Waals surface area contributed by atoms with Crippen LogP contribution < -0.4 is 5.32 Å². The van der Waals surface area contributed by atoms with Crippen molar-refractivity contribution >= 4 is 18.4 Å². The van der Waals surface area contributed by atoms with Crippen LogP contribution in [-0.2, 0) is 11.3 Å². The van der Waals surface area contributed by atoms with Gasteiger partial charge < -0.3 is 14.5 Å². The standard InChI is InChI=1S/C15H24N2O3.ClH/c1-11-14(15(18)19-3)7-13(20-11)10-17-6-4-5-12(9-17)8-16-2;/h7,12,16H,4-6,8-10H2,1-3H3;1H. The number of nitrogens with one attached hydrogen (secondary N) is 1. The van der Waals surface area contributed by atoms with Crippen LogP contribution in [0.25, 0.3) is 0 Å². The molecule has 5 nitrogen and oxygen atoms in total. The molecule has 1 atom stereocenters. The average Bonchev–Trinajstić information content (AvgIpc) is 2.79. The molecule has 1 fully saturated rings. The highest BCUT2D eigenvalue weighted by atomic mass is 35.5. The number of halogens is 1. The zero-order chi connectivity index (χ0) is 14.5. The highest BCUT2D eigenvalue weighted by molar-refractivity contribution is 5.90. The smallest absolute Gasteiger partial charge is 0.341 e.